The van der Waals surface area contributed by atoms with Crippen LogP contribution in [-0.2, 0) is 0 Å². The van der Waals surface area contributed by atoms with Crippen molar-refractivity contribution in [1.82, 2.24) is 5.32 Å². The second kappa shape index (κ2) is 4.56. The maximum atomic E-state index is 13.0. The molecule has 0 saturated carbocycles. The van der Waals surface area contributed by atoms with E-state index in [1.807, 2.05) is 0 Å². The third kappa shape index (κ3) is 2.36. The highest BCUT2D eigenvalue weighted by Crippen LogP contribution is 2.34. The lowest BCUT2D eigenvalue weighted by Crippen LogP contribution is -2.43. The zero-order chi connectivity index (χ0) is 10.8. The largest absolute Gasteiger partial charge is 0.367 e. The Labute approximate surface area is 98.0 Å². The van der Waals surface area contributed by atoms with E-state index in [1.165, 1.54) is 12.1 Å². The summed E-state index contributed by atoms with van der Waals surface area (Å²) in [4.78, 5) is 2.07. The van der Waals surface area contributed by atoms with E-state index in [-0.39, 0.29) is 0 Å². The van der Waals surface area contributed by atoms with E-state index in [4.69, 9.17) is 23.2 Å². The van der Waals surface area contributed by atoms with E-state index in [0.29, 0.717) is 10.0 Å². The van der Waals surface area contributed by atoms with E-state index < -0.39 is 5.82 Å². The summed E-state index contributed by atoms with van der Waals surface area (Å²) in [7, 11) is 0. The Morgan fingerprint density at radius 2 is 1.67 bits per heavy atom. The number of nitrogens with zero attached hydrogens (tertiary/aromatic N) is 1. The van der Waals surface area contributed by atoms with E-state index in [2.05, 4.69) is 10.2 Å². The standard InChI is InChI=1S/C10H11Cl2FN2/c11-8-5-7(13)6-9(12)10(8)15-3-1-14-2-4-15/h5-6,14H,1-4H2. The molecule has 0 aromatic heterocycles. The highest BCUT2D eigenvalue weighted by molar-refractivity contribution is 6.39. The molecule has 5 heteroatoms. The third-order valence-electron chi connectivity index (χ3n) is 2.41. The van der Waals surface area contributed by atoms with Crippen molar-refractivity contribution in [2.24, 2.45) is 0 Å². The highest BCUT2D eigenvalue weighted by atomic mass is 35.5. The maximum absolute atomic E-state index is 13.0. The van der Waals surface area contributed by atoms with Crippen molar-refractivity contribution in [3.8, 4) is 0 Å². The lowest BCUT2D eigenvalue weighted by Gasteiger charge is -2.30. The Balaban J connectivity index is 2.33. The molecule has 0 bridgehead atoms. The molecule has 2 rings (SSSR count). The van der Waals surface area contributed by atoms with Crippen molar-refractivity contribution in [3.63, 3.8) is 0 Å². The topological polar surface area (TPSA) is 15.3 Å². The van der Waals surface area contributed by atoms with Crippen molar-refractivity contribution in [1.29, 1.82) is 0 Å². The average Bonchev–Trinajstić information content (AvgIpc) is 2.17. The molecule has 1 heterocycles. The van der Waals surface area contributed by atoms with Gasteiger partial charge in [0.25, 0.3) is 0 Å². The lowest BCUT2D eigenvalue weighted by molar-refractivity contribution is 0.588. The van der Waals surface area contributed by atoms with Crippen LogP contribution in [0.25, 0.3) is 0 Å². The van der Waals surface area contributed by atoms with E-state index in [0.717, 1.165) is 31.9 Å². The number of anilines is 1. The van der Waals surface area contributed by atoms with Gasteiger partial charge in [0.2, 0.25) is 0 Å². The van der Waals surface area contributed by atoms with Gasteiger partial charge >= 0.3 is 0 Å². The van der Waals surface area contributed by atoms with Crippen LogP contribution in [0.15, 0.2) is 12.1 Å². The van der Waals surface area contributed by atoms with Crippen LogP contribution < -0.4 is 10.2 Å². The summed E-state index contributed by atoms with van der Waals surface area (Å²) in [6, 6.07) is 2.59. The summed E-state index contributed by atoms with van der Waals surface area (Å²) in [5.41, 5.74) is 0.737. The Bertz CT molecular complexity index is 341. The van der Waals surface area contributed by atoms with Crippen LogP contribution in [0, 0.1) is 5.82 Å². The van der Waals surface area contributed by atoms with Gasteiger partial charge in [-0.15, -0.1) is 0 Å². The lowest BCUT2D eigenvalue weighted by atomic mass is 10.2. The summed E-state index contributed by atoms with van der Waals surface area (Å²) in [6.45, 7) is 3.46. The van der Waals surface area contributed by atoms with Crippen LogP contribution in [-0.4, -0.2) is 26.2 Å². The number of halogens is 3. The molecule has 15 heavy (non-hydrogen) atoms. The molecular weight excluding hydrogens is 238 g/mol. The molecule has 0 spiro atoms. The molecule has 0 aliphatic carbocycles. The molecule has 0 radical (unpaired) electrons. The van der Waals surface area contributed by atoms with Gasteiger partial charge < -0.3 is 10.2 Å². The fraction of sp³-hybridized carbons (Fsp3) is 0.400. The number of benzene rings is 1. The second-order valence-corrected chi connectivity index (χ2v) is 4.27. The van der Waals surface area contributed by atoms with Gasteiger partial charge in [0, 0.05) is 26.2 Å². The molecule has 1 saturated heterocycles. The minimum Gasteiger partial charge on any atom is -0.367 e. The second-order valence-electron chi connectivity index (χ2n) is 3.46. The number of rotatable bonds is 1. The molecular formula is C10H11Cl2FN2. The van der Waals surface area contributed by atoms with Crippen LogP contribution >= 0.6 is 23.2 Å². The Morgan fingerprint density at radius 1 is 1.13 bits per heavy atom. The predicted octanol–water partition coefficient (Wildman–Crippen LogP) is 2.54. The van der Waals surface area contributed by atoms with Crippen LogP contribution in [0.2, 0.25) is 10.0 Å². The molecule has 2 nitrogen and oxygen atoms in total. The predicted molar refractivity (Wildman–Crippen MR) is 61.5 cm³/mol. The maximum Gasteiger partial charge on any atom is 0.126 e. The van der Waals surface area contributed by atoms with Crippen LogP contribution in [0.5, 0.6) is 0 Å². The molecule has 0 atom stereocenters. The summed E-state index contributed by atoms with van der Waals surface area (Å²) in [5.74, 6) is -0.399. The van der Waals surface area contributed by atoms with Crippen molar-refractivity contribution >= 4 is 28.9 Å². The molecule has 1 N–H and O–H groups in total. The first-order valence-electron chi connectivity index (χ1n) is 4.78. The van der Waals surface area contributed by atoms with Crippen molar-refractivity contribution in [2.45, 2.75) is 0 Å². The monoisotopic (exact) mass is 248 g/mol. The molecule has 0 unspecified atom stereocenters. The van der Waals surface area contributed by atoms with Crippen LogP contribution in [0.3, 0.4) is 0 Å². The summed E-state index contributed by atoms with van der Waals surface area (Å²) >= 11 is 12.0. The van der Waals surface area contributed by atoms with Gasteiger partial charge in [0.15, 0.2) is 0 Å². The third-order valence-corrected chi connectivity index (χ3v) is 2.99. The quantitative estimate of drug-likeness (QED) is 0.822. The molecule has 1 aromatic carbocycles. The number of hydrogen-bond acceptors (Lipinski definition) is 2. The van der Waals surface area contributed by atoms with E-state index >= 15 is 0 Å². The molecule has 82 valence electrons. The zero-order valence-corrected chi connectivity index (χ0v) is 9.58. The van der Waals surface area contributed by atoms with Gasteiger partial charge in [0.1, 0.15) is 5.82 Å². The van der Waals surface area contributed by atoms with E-state index in [1.54, 1.807) is 0 Å². The number of piperazine rings is 1. The zero-order valence-electron chi connectivity index (χ0n) is 8.06. The van der Waals surface area contributed by atoms with Gasteiger partial charge in [-0.25, -0.2) is 4.39 Å². The first-order chi connectivity index (χ1) is 7.18. The van der Waals surface area contributed by atoms with Gasteiger partial charge in [-0.3, -0.25) is 0 Å². The minimum atomic E-state index is -0.399. The highest BCUT2D eigenvalue weighted by Gasteiger charge is 2.17. The Morgan fingerprint density at radius 3 is 2.20 bits per heavy atom. The summed E-state index contributed by atoms with van der Waals surface area (Å²) in [5, 5.41) is 3.99. The molecule has 1 aliphatic heterocycles. The van der Waals surface area contributed by atoms with Crippen molar-refractivity contribution < 1.29 is 4.39 Å². The number of hydrogen-bond donors (Lipinski definition) is 1. The van der Waals surface area contributed by atoms with Crippen LogP contribution in [0.4, 0.5) is 10.1 Å². The van der Waals surface area contributed by atoms with Crippen LogP contribution in [0.1, 0.15) is 0 Å². The van der Waals surface area contributed by atoms with Gasteiger partial charge in [-0.05, 0) is 12.1 Å². The SMILES string of the molecule is Fc1cc(Cl)c(N2CCNCC2)c(Cl)c1. The fourth-order valence-electron chi connectivity index (χ4n) is 1.73. The molecule has 1 fully saturated rings. The van der Waals surface area contributed by atoms with Gasteiger partial charge in [-0.1, -0.05) is 23.2 Å². The molecule has 0 amide bonds. The molecule has 1 aliphatic rings. The average molecular weight is 249 g/mol. The normalized spacial score (nSPS) is 16.9. The van der Waals surface area contributed by atoms with Crippen molar-refractivity contribution in [3.05, 3.63) is 28.0 Å². The smallest absolute Gasteiger partial charge is 0.126 e. The first-order valence-corrected chi connectivity index (χ1v) is 5.54. The van der Waals surface area contributed by atoms with Gasteiger partial charge in [0.05, 0.1) is 15.7 Å². The summed E-state index contributed by atoms with van der Waals surface area (Å²) in [6.07, 6.45) is 0. The number of nitrogens with one attached hydrogen (secondary N) is 1. The Kier molecular flexibility index (Phi) is 3.34. The molecule has 1 aromatic rings. The minimum absolute atomic E-state index is 0.377. The van der Waals surface area contributed by atoms with E-state index in [9.17, 15) is 4.39 Å². The summed E-state index contributed by atoms with van der Waals surface area (Å²) < 4.78 is 13.0. The first kappa shape index (κ1) is 11.0. The van der Waals surface area contributed by atoms with Crippen molar-refractivity contribution in [2.75, 3.05) is 31.1 Å². The fourth-order valence-corrected chi connectivity index (χ4v) is 2.42. The Hall–Kier alpha value is -0.510. The van der Waals surface area contributed by atoms with Gasteiger partial charge in [-0.2, -0.15) is 0 Å².